The molecule has 4 nitrogen and oxygen atoms in total. The molecule has 1 saturated heterocycles. The van der Waals surface area contributed by atoms with Crippen molar-refractivity contribution in [1.82, 2.24) is 0 Å². The summed E-state index contributed by atoms with van der Waals surface area (Å²) in [5.74, 6) is -0.138. The second-order valence-corrected chi connectivity index (χ2v) is 7.43. The Balaban J connectivity index is 2.13. The zero-order valence-electron chi connectivity index (χ0n) is 11.4. The van der Waals surface area contributed by atoms with Gasteiger partial charge in [0.05, 0.1) is 11.5 Å². The highest BCUT2D eigenvalue weighted by Crippen LogP contribution is 2.78. The maximum Gasteiger partial charge on any atom is 0.334 e. The average Bonchev–Trinajstić information content (AvgIpc) is 2.72. The van der Waals surface area contributed by atoms with E-state index in [1.807, 2.05) is 26.8 Å². The van der Waals surface area contributed by atoms with Crippen LogP contribution in [0.25, 0.3) is 0 Å². The first kappa shape index (κ1) is 11.6. The van der Waals surface area contributed by atoms with Crippen LogP contribution in [0, 0.1) is 21.7 Å². The van der Waals surface area contributed by atoms with Gasteiger partial charge in [-0.15, -0.1) is 0 Å². The Morgan fingerprint density at radius 2 is 2.00 bits per heavy atom. The Morgan fingerprint density at radius 1 is 1.32 bits per heavy atom. The van der Waals surface area contributed by atoms with Gasteiger partial charge < -0.3 is 9.84 Å². The van der Waals surface area contributed by atoms with Crippen LogP contribution in [0.4, 0.5) is 0 Å². The molecule has 4 bridgehead atoms. The monoisotopic (exact) mass is 262 g/mol. The Kier molecular flexibility index (Phi) is 1.63. The van der Waals surface area contributed by atoms with Gasteiger partial charge in [0.1, 0.15) is 12.4 Å². The Morgan fingerprint density at radius 3 is 2.68 bits per heavy atom. The number of Topliss-reactive ketones (excluding diaryl/α,β-unsaturated/α-hetero) is 1. The summed E-state index contributed by atoms with van der Waals surface area (Å²) < 4.78 is 5.30. The molecule has 1 aliphatic heterocycles. The molecule has 5 atom stereocenters. The average molecular weight is 262 g/mol. The predicted octanol–water partition coefficient (Wildman–Crippen LogP) is 1.23. The van der Waals surface area contributed by atoms with Crippen molar-refractivity contribution in [2.24, 2.45) is 21.7 Å². The number of carbonyl (C=O) groups is 2. The van der Waals surface area contributed by atoms with Crippen LogP contribution in [0.5, 0.6) is 0 Å². The van der Waals surface area contributed by atoms with Crippen molar-refractivity contribution in [3.05, 3.63) is 11.6 Å². The maximum absolute atomic E-state index is 12.9. The number of rotatable bonds is 0. The lowest BCUT2D eigenvalue weighted by Crippen LogP contribution is -2.64. The van der Waals surface area contributed by atoms with Crippen molar-refractivity contribution in [3.8, 4) is 0 Å². The van der Waals surface area contributed by atoms with Gasteiger partial charge in [0.2, 0.25) is 0 Å². The highest BCUT2D eigenvalue weighted by atomic mass is 16.5. The van der Waals surface area contributed by atoms with E-state index in [-0.39, 0.29) is 18.4 Å². The van der Waals surface area contributed by atoms with Crippen LogP contribution in [0.1, 0.15) is 33.6 Å². The van der Waals surface area contributed by atoms with Crippen LogP contribution in [-0.4, -0.2) is 29.6 Å². The lowest BCUT2D eigenvalue weighted by atomic mass is 9.39. The molecule has 1 heterocycles. The smallest absolute Gasteiger partial charge is 0.334 e. The molecule has 0 amide bonds. The third kappa shape index (κ3) is 0.830. The minimum Gasteiger partial charge on any atom is -0.461 e. The van der Waals surface area contributed by atoms with Gasteiger partial charge in [-0.1, -0.05) is 19.9 Å². The van der Waals surface area contributed by atoms with Crippen LogP contribution in [0.15, 0.2) is 11.6 Å². The summed E-state index contributed by atoms with van der Waals surface area (Å²) in [7, 11) is 0. The number of allylic oxidation sites excluding steroid dienone is 1. The summed E-state index contributed by atoms with van der Waals surface area (Å²) in [6, 6.07) is 0. The molecular formula is C15H18O4. The summed E-state index contributed by atoms with van der Waals surface area (Å²) in [4.78, 5) is 25.0. The molecule has 0 aromatic heterocycles. The zero-order chi connectivity index (χ0) is 13.8. The van der Waals surface area contributed by atoms with Crippen molar-refractivity contribution in [1.29, 1.82) is 0 Å². The van der Waals surface area contributed by atoms with Crippen LogP contribution in [0.2, 0.25) is 0 Å². The van der Waals surface area contributed by atoms with E-state index in [4.69, 9.17) is 4.74 Å². The third-order valence-electron chi connectivity index (χ3n) is 6.57. The van der Waals surface area contributed by atoms with Crippen LogP contribution < -0.4 is 0 Å². The number of esters is 1. The van der Waals surface area contributed by atoms with Crippen LogP contribution >= 0.6 is 0 Å². The molecule has 1 spiro atoms. The van der Waals surface area contributed by atoms with Crippen molar-refractivity contribution in [2.75, 3.05) is 6.61 Å². The van der Waals surface area contributed by atoms with E-state index in [0.29, 0.717) is 18.4 Å². The molecule has 1 N–H and O–H groups in total. The number of aliphatic hydroxyl groups excluding tert-OH is 1. The standard InChI is InChI=1S/C15H18O4/c1-12-4-8-10(17)19-7-15(8)13(2,11(12)18)5-9(16)14(15,3)6-12/h4,9,16H,5-7H2,1-3H3/t9-,12+,13+,14+,15-/m1/s1. The summed E-state index contributed by atoms with van der Waals surface area (Å²) in [5, 5.41) is 10.6. The van der Waals surface area contributed by atoms with Gasteiger partial charge >= 0.3 is 5.97 Å². The maximum atomic E-state index is 12.9. The number of ketones is 1. The molecule has 0 aromatic carbocycles. The molecule has 5 rings (SSSR count). The first-order valence-electron chi connectivity index (χ1n) is 6.85. The Hall–Kier alpha value is -1.16. The number of hydrogen-bond donors (Lipinski definition) is 1. The van der Waals surface area contributed by atoms with Gasteiger partial charge in [0, 0.05) is 21.8 Å². The van der Waals surface area contributed by atoms with E-state index in [0.717, 1.165) is 0 Å². The first-order valence-corrected chi connectivity index (χ1v) is 6.85. The minimum absolute atomic E-state index is 0.163. The number of hydrogen-bond acceptors (Lipinski definition) is 4. The molecule has 3 fully saturated rings. The molecule has 4 heteroatoms. The SMILES string of the molecule is C[C@]12C=C3C(=O)OC[C@]34[C@@](C)(C[C@@H](O)[C@]4(C)C1)C2=O. The number of carbonyl (C=O) groups excluding carboxylic acids is 2. The summed E-state index contributed by atoms with van der Waals surface area (Å²) in [6.45, 7) is 6.06. The lowest BCUT2D eigenvalue weighted by molar-refractivity contribution is -0.162. The molecular weight excluding hydrogens is 244 g/mol. The lowest BCUT2D eigenvalue weighted by Gasteiger charge is -2.60. The van der Waals surface area contributed by atoms with Crippen molar-refractivity contribution in [3.63, 3.8) is 0 Å². The van der Waals surface area contributed by atoms with Crippen molar-refractivity contribution >= 4 is 11.8 Å². The molecule has 102 valence electrons. The van der Waals surface area contributed by atoms with E-state index in [1.165, 1.54) is 0 Å². The quantitative estimate of drug-likeness (QED) is 0.667. The van der Waals surface area contributed by atoms with Gasteiger partial charge in [-0.3, -0.25) is 4.79 Å². The topological polar surface area (TPSA) is 63.6 Å². The van der Waals surface area contributed by atoms with Gasteiger partial charge in [-0.25, -0.2) is 4.79 Å². The first-order chi connectivity index (χ1) is 8.71. The largest absolute Gasteiger partial charge is 0.461 e. The summed E-state index contributed by atoms with van der Waals surface area (Å²) >= 11 is 0. The number of aliphatic hydroxyl groups is 1. The fourth-order valence-electron chi connectivity index (χ4n) is 5.78. The highest BCUT2D eigenvalue weighted by molar-refractivity contribution is 6.04. The molecule has 2 saturated carbocycles. The summed E-state index contributed by atoms with van der Waals surface area (Å²) in [5.41, 5.74) is -1.74. The third-order valence-corrected chi connectivity index (χ3v) is 6.57. The van der Waals surface area contributed by atoms with Crippen LogP contribution in [-0.2, 0) is 14.3 Å². The second-order valence-electron chi connectivity index (χ2n) is 7.43. The van der Waals surface area contributed by atoms with Gasteiger partial charge in [0.25, 0.3) is 0 Å². The van der Waals surface area contributed by atoms with E-state index >= 15 is 0 Å². The second kappa shape index (κ2) is 2.66. The molecule has 0 aromatic rings. The fourth-order valence-corrected chi connectivity index (χ4v) is 5.78. The van der Waals surface area contributed by atoms with Crippen molar-refractivity contribution < 1.29 is 19.4 Å². The van der Waals surface area contributed by atoms with E-state index in [1.54, 1.807) is 0 Å². The number of cyclic esters (lactones) is 1. The van der Waals surface area contributed by atoms with Crippen molar-refractivity contribution in [2.45, 2.75) is 39.7 Å². The van der Waals surface area contributed by atoms with Gasteiger partial charge in [-0.2, -0.15) is 0 Å². The molecule has 4 aliphatic carbocycles. The number of ether oxygens (including phenoxy) is 1. The van der Waals surface area contributed by atoms with E-state index in [2.05, 4.69) is 0 Å². The molecule has 0 unspecified atom stereocenters. The van der Waals surface area contributed by atoms with Gasteiger partial charge in [0.15, 0.2) is 0 Å². The molecule has 19 heavy (non-hydrogen) atoms. The Labute approximate surface area is 111 Å². The van der Waals surface area contributed by atoms with E-state index in [9.17, 15) is 14.7 Å². The predicted molar refractivity (Wildman–Crippen MR) is 66.0 cm³/mol. The van der Waals surface area contributed by atoms with Crippen LogP contribution in [0.3, 0.4) is 0 Å². The summed E-state index contributed by atoms with van der Waals surface area (Å²) in [6.07, 6.45) is 2.31. The zero-order valence-corrected chi connectivity index (χ0v) is 11.4. The molecule has 5 aliphatic rings. The minimum atomic E-state index is -0.676. The Bertz CT molecular complexity index is 579. The fraction of sp³-hybridized carbons (Fsp3) is 0.733. The van der Waals surface area contributed by atoms with Gasteiger partial charge in [-0.05, 0) is 19.8 Å². The molecule has 0 radical (unpaired) electrons. The normalized spacial score (nSPS) is 58.1. The highest BCUT2D eigenvalue weighted by Gasteiger charge is 2.82. The van der Waals surface area contributed by atoms with E-state index < -0.39 is 27.8 Å².